The molecular formula is C9H15N3. The summed E-state index contributed by atoms with van der Waals surface area (Å²) in [6.45, 7) is 1.02. The van der Waals surface area contributed by atoms with E-state index in [0.29, 0.717) is 0 Å². The van der Waals surface area contributed by atoms with Crippen molar-refractivity contribution < 1.29 is 0 Å². The van der Waals surface area contributed by atoms with Crippen LogP contribution in [0.2, 0.25) is 0 Å². The fourth-order valence-electron chi connectivity index (χ4n) is 1.33. The fraction of sp³-hybridized carbons (Fsp3) is 0.667. The predicted octanol–water partition coefficient (Wildman–Crippen LogP) is 0.980. The summed E-state index contributed by atoms with van der Waals surface area (Å²) >= 11 is 0. The van der Waals surface area contributed by atoms with Crippen LogP contribution >= 0.6 is 0 Å². The van der Waals surface area contributed by atoms with E-state index in [1.54, 1.807) is 0 Å². The molecule has 1 N–H and O–H groups in total. The number of rotatable bonds is 4. The van der Waals surface area contributed by atoms with E-state index in [1.165, 1.54) is 18.5 Å². The highest BCUT2D eigenvalue weighted by atomic mass is 15.1. The van der Waals surface area contributed by atoms with Gasteiger partial charge in [0.2, 0.25) is 0 Å². The largest absolute Gasteiger partial charge is 0.334 e. The summed E-state index contributed by atoms with van der Waals surface area (Å²) in [6.07, 6.45) is 7.84. The van der Waals surface area contributed by atoms with Crippen molar-refractivity contribution in [2.75, 3.05) is 13.6 Å². The number of hydrogen-bond donors (Lipinski definition) is 1. The zero-order chi connectivity index (χ0) is 8.39. The van der Waals surface area contributed by atoms with Crippen LogP contribution < -0.4 is 5.32 Å². The standard InChI is InChI=1S/C9H15N3/c1-10-5-4-8-6-12(7-11-8)9-2-3-9/h6-7,9-10H,2-5H2,1H3. The molecule has 3 nitrogen and oxygen atoms in total. The number of likely N-dealkylation sites (N-methyl/N-ethyl adjacent to an activating group) is 1. The lowest BCUT2D eigenvalue weighted by molar-refractivity contribution is 0.737. The summed E-state index contributed by atoms with van der Waals surface area (Å²) in [7, 11) is 1.97. The minimum Gasteiger partial charge on any atom is -0.334 e. The second kappa shape index (κ2) is 3.27. The second-order valence-electron chi connectivity index (χ2n) is 3.40. The molecule has 2 rings (SSSR count). The molecule has 1 heterocycles. The lowest BCUT2D eigenvalue weighted by atomic mass is 10.3. The first kappa shape index (κ1) is 7.80. The van der Waals surface area contributed by atoms with Crippen molar-refractivity contribution in [2.24, 2.45) is 0 Å². The highest BCUT2D eigenvalue weighted by molar-refractivity contribution is 5.00. The van der Waals surface area contributed by atoms with E-state index in [0.717, 1.165) is 19.0 Å². The van der Waals surface area contributed by atoms with Gasteiger partial charge in [0.25, 0.3) is 0 Å². The summed E-state index contributed by atoms with van der Waals surface area (Å²) in [6, 6.07) is 0.765. The Morgan fingerprint density at radius 2 is 2.50 bits per heavy atom. The van der Waals surface area contributed by atoms with Gasteiger partial charge in [-0.1, -0.05) is 0 Å². The van der Waals surface area contributed by atoms with Gasteiger partial charge >= 0.3 is 0 Å². The fourth-order valence-corrected chi connectivity index (χ4v) is 1.33. The van der Waals surface area contributed by atoms with Crippen molar-refractivity contribution in [2.45, 2.75) is 25.3 Å². The minimum absolute atomic E-state index is 0.765. The Kier molecular flexibility index (Phi) is 2.13. The van der Waals surface area contributed by atoms with Gasteiger partial charge in [-0.15, -0.1) is 0 Å². The van der Waals surface area contributed by atoms with Gasteiger partial charge in [0, 0.05) is 25.2 Å². The van der Waals surface area contributed by atoms with Crippen LogP contribution in [0.1, 0.15) is 24.6 Å². The molecule has 1 fully saturated rings. The Labute approximate surface area is 72.8 Å². The van der Waals surface area contributed by atoms with Crippen molar-refractivity contribution in [3.8, 4) is 0 Å². The Morgan fingerprint density at radius 3 is 3.17 bits per heavy atom. The highest BCUT2D eigenvalue weighted by Gasteiger charge is 2.22. The maximum atomic E-state index is 4.34. The monoisotopic (exact) mass is 165 g/mol. The van der Waals surface area contributed by atoms with Gasteiger partial charge < -0.3 is 9.88 Å². The Balaban J connectivity index is 1.93. The molecule has 1 aromatic heterocycles. The third-order valence-corrected chi connectivity index (χ3v) is 2.25. The first-order valence-electron chi connectivity index (χ1n) is 4.57. The SMILES string of the molecule is CNCCc1cn(C2CC2)cn1. The molecule has 3 heteroatoms. The van der Waals surface area contributed by atoms with E-state index in [4.69, 9.17) is 0 Å². The summed E-state index contributed by atoms with van der Waals surface area (Å²) in [5.41, 5.74) is 1.20. The second-order valence-corrected chi connectivity index (χ2v) is 3.40. The summed E-state index contributed by atoms with van der Waals surface area (Å²) in [5.74, 6) is 0. The maximum absolute atomic E-state index is 4.34. The van der Waals surface area contributed by atoms with Crippen LogP contribution in [-0.4, -0.2) is 23.1 Å². The average Bonchev–Trinajstić information content (AvgIpc) is 2.83. The van der Waals surface area contributed by atoms with E-state index < -0.39 is 0 Å². The van der Waals surface area contributed by atoms with Crippen LogP contribution in [0.5, 0.6) is 0 Å². The Hall–Kier alpha value is -0.830. The van der Waals surface area contributed by atoms with Crippen LogP contribution in [-0.2, 0) is 6.42 Å². The summed E-state index contributed by atoms with van der Waals surface area (Å²) in [4.78, 5) is 4.34. The molecule has 0 saturated heterocycles. The lowest BCUT2D eigenvalue weighted by Gasteiger charge is -1.95. The van der Waals surface area contributed by atoms with Crippen LogP contribution in [0, 0.1) is 0 Å². The molecule has 0 amide bonds. The lowest BCUT2D eigenvalue weighted by Crippen LogP contribution is -2.10. The number of nitrogens with zero attached hydrogens (tertiary/aromatic N) is 2. The molecule has 0 aliphatic heterocycles. The van der Waals surface area contributed by atoms with Crippen molar-refractivity contribution in [1.82, 2.24) is 14.9 Å². The zero-order valence-electron chi connectivity index (χ0n) is 7.45. The number of nitrogens with one attached hydrogen (secondary N) is 1. The molecule has 1 aliphatic carbocycles. The molecule has 0 bridgehead atoms. The van der Waals surface area contributed by atoms with Gasteiger partial charge in [-0.2, -0.15) is 0 Å². The number of imidazole rings is 1. The Bertz CT molecular complexity index is 250. The molecule has 1 aromatic rings. The molecule has 0 aromatic carbocycles. The summed E-state index contributed by atoms with van der Waals surface area (Å²) in [5, 5.41) is 3.12. The van der Waals surface area contributed by atoms with E-state index >= 15 is 0 Å². The summed E-state index contributed by atoms with van der Waals surface area (Å²) < 4.78 is 2.24. The van der Waals surface area contributed by atoms with Gasteiger partial charge in [-0.25, -0.2) is 4.98 Å². The van der Waals surface area contributed by atoms with Crippen molar-refractivity contribution in [1.29, 1.82) is 0 Å². The van der Waals surface area contributed by atoms with Gasteiger partial charge in [0.05, 0.1) is 12.0 Å². The van der Waals surface area contributed by atoms with Gasteiger partial charge in [-0.3, -0.25) is 0 Å². The zero-order valence-corrected chi connectivity index (χ0v) is 7.45. The smallest absolute Gasteiger partial charge is 0.0951 e. The molecule has 12 heavy (non-hydrogen) atoms. The van der Waals surface area contributed by atoms with Crippen molar-refractivity contribution in [3.05, 3.63) is 18.2 Å². The molecule has 1 saturated carbocycles. The van der Waals surface area contributed by atoms with Gasteiger partial charge in [0.15, 0.2) is 0 Å². The molecule has 1 aliphatic rings. The van der Waals surface area contributed by atoms with Crippen LogP contribution in [0.25, 0.3) is 0 Å². The highest BCUT2D eigenvalue weighted by Crippen LogP contribution is 2.34. The molecule has 0 atom stereocenters. The van der Waals surface area contributed by atoms with Crippen LogP contribution in [0.15, 0.2) is 12.5 Å². The predicted molar refractivity (Wildman–Crippen MR) is 48.1 cm³/mol. The molecule has 0 unspecified atom stereocenters. The topological polar surface area (TPSA) is 29.9 Å². The number of aromatic nitrogens is 2. The maximum Gasteiger partial charge on any atom is 0.0951 e. The van der Waals surface area contributed by atoms with Gasteiger partial charge in [-0.05, 0) is 19.9 Å². The normalized spacial score (nSPS) is 16.8. The number of hydrogen-bond acceptors (Lipinski definition) is 2. The molecular weight excluding hydrogens is 150 g/mol. The first-order valence-corrected chi connectivity index (χ1v) is 4.57. The third kappa shape index (κ3) is 1.67. The van der Waals surface area contributed by atoms with Gasteiger partial charge in [0.1, 0.15) is 0 Å². The quantitative estimate of drug-likeness (QED) is 0.720. The van der Waals surface area contributed by atoms with Crippen LogP contribution in [0.3, 0.4) is 0 Å². The van der Waals surface area contributed by atoms with Crippen LogP contribution in [0.4, 0.5) is 0 Å². The van der Waals surface area contributed by atoms with E-state index in [2.05, 4.69) is 21.1 Å². The van der Waals surface area contributed by atoms with Crippen molar-refractivity contribution in [3.63, 3.8) is 0 Å². The molecule has 0 spiro atoms. The van der Waals surface area contributed by atoms with E-state index in [9.17, 15) is 0 Å². The third-order valence-electron chi connectivity index (χ3n) is 2.25. The Morgan fingerprint density at radius 1 is 1.67 bits per heavy atom. The van der Waals surface area contributed by atoms with E-state index in [1.807, 2.05) is 13.4 Å². The molecule has 66 valence electrons. The first-order chi connectivity index (χ1) is 5.90. The van der Waals surface area contributed by atoms with E-state index in [-0.39, 0.29) is 0 Å². The minimum atomic E-state index is 0.765. The van der Waals surface area contributed by atoms with Crippen molar-refractivity contribution >= 4 is 0 Å². The molecule has 0 radical (unpaired) electrons. The average molecular weight is 165 g/mol.